The molecule has 0 radical (unpaired) electrons. The third-order valence-electron chi connectivity index (χ3n) is 6.92. The number of fused-ring (bicyclic) bond motifs is 1. The molecule has 0 bridgehead atoms. The van der Waals surface area contributed by atoms with Crippen LogP contribution >= 0.6 is 0 Å². The Morgan fingerprint density at radius 2 is 1.87 bits per heavy atom. The monoisotopic (exact) mass is 505 g/mol. The van der Waals surface area contributed by atoms with Gasteiger partial charge in [0.1, 0.15) is 17.2 Å². The van der Waals surface area contributed by atoms with Gasteiger partial charge in [0.15, 0.2) is 11.5 Å². The van der Waals surface area contributed by atoms with Crippen LogP contribution in [0.5, 0.6) is 0 Å². The van der Waals surface area contributed by atoms with Gasteiger partial charge in [-0.1, -0.05) is 30.3 Å². The first kappa shape index (κ1) is 23.6. The molecule has 0 spiro atoms. The van der Waals surface area contributed by atoms with Crippen molar-refractivity contribution in [3.63, 3.8) is 0 Å². The topological polar surface area (TPSA) is 112 Å². The van der Waals surface area contributed by atoms with Crippen LogP contribution in [0.4, 0.5) is 11.6 Å². The predicted octanol–water partition coefficient (Wildman–Crippen LogP) is 4.52. The molecule has 0 saturated carbocycles. The first-order chi connectivity index (χ1) is 18.6. The average Bonchev–Trinajstić information content (AvgIpc) is 3.36. The van der Waals surface area contributed by atoms with Crippen LogP contribution in [0.2, 0.25) is 0 Å². The lowest BCUT2D eigenvalue weighted by molar-refractivity contribution is -0.145. The summed E-state index contributed by atoms with van der Waals surface area (Å²) in [5.74, 6) is 1.52. The van der Waals surface area contributed by atoms with Crippen LogP contribution in [0.15, 0.2) is 79.1 Å². The van der Waals surface area contributed by atoms with Crippen molar-refractivity contribution < 1.29 is 9.53 Å². The third-order valence-corrected chi connectivity index (χ3v) is 6.92. The number of rotatable bonds is 5. The van der Waals surface area contributed by atoms with E-state index in [-0.39, 0.29) is 11.9 Å². The van der Waals surface area contributed by atoms with Gasteiger partial charge in [0.2, 0.25) is 0 Å². The van der Waals surface area contributed by atoms with Gasteiger partial charge < -0.3 is 15.4 Å². The molecule has 1 saturated heterocycles. The minimum absolute atomic E-state index is 0.145. The number of hydrogen-bond acceptors (Lipinski definition) is 8. The summed E-state index contributed by atoms with van der Waals surface area (Å²) in [6.07, 6.45) is 5.21. The Morgan fingerprint density at radius 1 is 1.00 bits per heavy atom. The molecule has 6 rings (SSSR count). The summed E-state index contributed by atoms with van der Waals surface area (Å²) in [6, 6.07) is 21.7. The molecule has 1 aromatic carbocycles. The van der Waals surface area contributed by atoms with Crippen molar-refractivity contribution in [3.05, 3.63) is 79.1 Å². The van der Waals surface area contributed by atoms with E-state index < -0.39 is 0 Å². The van der Waals surface area contributed by atoms with Gasteiger partial charge in [0, 0.05) is 24.8 Å². The zero-order valence-corrected chi connectivity index (χ0v) is 21.0. The molecule has 0 aliphatic carbocycles. The largest absolute Gasteiger partial charge is 0.469 e. The van der Waals surface area contributed by atoms with Gasteiger partial charge in [-0.15, -0.1) is 0 Å². The van der Waals surface area contributed by atoms with Crippen LogP contribution < -0.4 is 10.6 Å². The lowest BCUT2D eigenvalue weighted by atomic mass is 9.98. The van der Waals surface area contributed by atoms with Crippen LogP contribution in [0, 0.1) is 5.92 Å². The number of methoxy groups -OCH3 is 1. The fraction of sp³-hybridized carbons (Fsp3) is 0.207. The number of nitrogens with zero attached hydrogens (tertiary/aromatic N) is 6. The van der Waals surface area contributed by atoms with E-state index >= 15 is 0 Å². The number of imidazole rings is 1. The highest BCUT2D eigenvalue weighted by Crippen LogP contribution is 2.32. The Labute approximate surface area is 220 Å². The van der Waals surface area contributed by atoms with E-state index in [4.69, 9.17) is 25.4 Å². The van der Waals surface area contributed by atoms with Gasteiger partial charge in [0.05, 0.1) is 36.2 Å². The lowest BCUT2D eigenvalue weighted by Crippen LogP contribution is -2.39. The molecule has 5 aromatic rings. The number of hydrogen-bond donors (Lipinski definition) is 1. The average molecular weight is 506 g/mol. The molecule has 38 heavy (non-hydrogen) atoms. The highest BCUT2D eigenvalue weighted by Gasteiger charge is 2.27. The smallest absolute Gasteiger partial charge is 0.310 e. The van der Waals surface area contributed by atoms with Gasteiger partial charge in [-0.3, -0.25) is 9.36 Å². The Hall–Kier alpha value is -4.79. The summed E-state index contributed by atoms with van der Waals surface area (Å²) < 4.78 is 6.94. The third kappa shape index (κ3) is 4.32. The molecule has 1 fully saturated rings. The van der Waals surface area contributed by atoms with E-state index in [0.29, 0.717) is 29.4 Å². The molecule has 1 aliphatic rings. The zero-order valence-electron chi connectivity index (χ0n) is 21.0. The molecule has 9 heteroatoms. The van der Waals surface area contributed by atoms with Crippen molar-refractivity contribution in [2.45, 2.75) is 12.8 Å². The molecule has 9 nitrogen and oxygen atoms in total. The van der Waals surface area contributed by atoms with Crippen LogP contribution in [-0.4, -0.2) is 50.7 Å². The summed E-state index contributed by atoms with van der Waals surface area (Å²) >= 11 is 0. The Bertz CT molecular complexity index is 1600. The summed E-state index contributed by atoms with van der Waals surface area (Å²) in [5, 5.41) is 0. The maximum atomic E-state index is 12.1. The van der Waals surface area contributed by atoms with Crippen molar-refractivity contribution in [2.24, 2.45) is 5.92 Å². The van der Waals surface area contributed by atoms with Crippen LogP contribution in [-0.2, 0) is 9.53 Å². The van der Waals surface area contributed by atoms with Gasteiger partial charge in [-0.05, 0) is 49.2 Å². The maximum Gasteiger partial charge on any atom is 0.310 e. The van der Waals surface area contributed by atoms with Crippen molar-refractivity contribution in [3.8, 4) is 28.3 Å². The highest BCUT2D eigenvalue weighted by atomic mass is 16.5. The molecule has 1 unspecified atom stereocenters. The summed E-state index contributed by atoms with van der Waals surface area (Å²) in [7, 11) is 1.44. The van der Waals surface area contributed by atoms with Gasteiger partial charge >= 0.3 is 5.97 Å². The SMILES string of the molecule is COC(=O)C1CCCN(c2ccc(-n3c(-c4cccnc4N)nc4ccc(-c5ccccc5)nc43)cn2)C1. The Kier molecular flexibility index (Phi) is 6.17. The number of ether oxygens (including phenoxy) is 1. The molecule has 4 aromatic heterocycles. The number of anilines is 2. The standard InChI is InChI=1S/C29H27N7O2/c1-38-29(37)20-9-6-16-35(18-20)25-14-11-21(17-32-25)36-27(22-10-5-15-31-26(22)30)34-24-13-12-23(33-28(24)36)19-7-3-2-4-8-19/h2-5,7-8,10-15,17,20H,6,9,16,18H2,1H3,(H2,30,31). The molecule has 0 amide bonds. The Balaban J connectivity index is 1.44. The Morgan fingerprint density at radius 3 is 2.63 bits per heavy atom. The second-order valence-electron chi connectivity index (χ2n) is 9.30. The van der Waals surface area contributed by atoms with Gasteiger partial charge in [0.25, 0.3) is 0 Å². The first-order valence-corrected chi connectivity index (χ1v) is 12.6. The van der Waals surface area contributed by atoms with E-state index in [9.17, 15) is 4.79 Å². The number of aromatic nitrogens is 5. The summed E-state index contributed by atoms with van der Waals surface area (Å²) in [6.45, 7) is 1.43. The fourth-order valence-corrected chi connectivity index (χ4v) is 5.00. The van der Waals surface area contributed by atoms with Crippen molar-refractivity contribution in [1.29, 1.82) is 0 Å². The fourth-order valence-electron chi connectivity index (χ4n) is 5.00. The van der Waals surface area contributed by atoms with Crippen LogP contribution in [0.1, 0.15) is 12.8 Å². The molecule has 5 heterocycles. The summed E-state index contributed by atoms with van der Waals surface area (Å²) in [4.78, 5) is 33.2. The number of carbonyl (C=O) groups excluding carboxylic acids is 1. The first-order valence-electron chi connectivity index (χ1n) is 12.6. The van der Waals surface area contributed by atoms with E-state index in [1.54, 1.807) is 6.20 Å². The predicted molar refractivity (Wildman–Crippen MR) is 147 cm³/mol. The summed E-state index contributed by atoms with van der Waals surface area (Å²) in [5.41, 5.74) is 11.1. The molecule has 1 aliphatic heterocycles. The molecule has 2 N–H and O–H groups in total. The van der Waals surface area contributed by atoms with E-state index in [1.807, 2.05) is 77.5 Å². The highest BCUT2D eigenvalue weighted by molar-refractivity contribution is 5.84. The minimum Gasteiger partial charge on any atom is -0.469 e. The van der Waals surface area contributed by atoms with E-state index in [1.165, 1.54) is 7.11 Å². The normalized spacial score (nSPS) is 15.5. The molecule has 1 atom stereocenters. The van der Waals surface area contributed by atoms with Crippen molar-refractivity contribution >= 4 is 28.8 Å². The van der Waals surface area contributed by atoms with Crippen molar-refractivity contribution in [2.75, 3.05) is 30.8 Å². The number of nitrogens with two attached hydrogens (primary N) is 1. The minimum atomic E-state index is -0.171. The second kappa shape index (κ2) is 9.93. The molecular weight excluding hydrogens is 478 g/mol. The van der Waals surface area contributed by atoms with Crippen molar-refractivity contribution in [1.82, 2.24) is 24.5 Å². The lowest BCUT2D eigenvalue weighted by Gasteiger charge is -2.32. The number of carbonyl (C=O) groups is 1. The maximum absolute atomic E-state index is 12.1. The number of pyridine rings is 3. The van der Waals surface area contributed by atoms with E-state index in [0.717, 1.165) is 47.7 Å². The molecule has 190 valence electrons. The number of nitrogen functional groups attached to an aromatic ring is 1. The van der Waals surface area contributed by atoms with Gasteiger partial charge in [-0.2, -0.15) is 0 Å². The van der Waals surface area contributed by atoms with Gasteiger partial charge in [-0.25, -0.2) is 19.9 Å². The zero-order chi connectivity index (χ0) is 26.1. The van der Waals surface area contributed by atoms with E-state index in [2.05, 4.69) is 9.88 Å². The number of piperidine rings is 1. The van der Waals surface area contributed by atoms with Crippen LogP contribution in [0.25, 0.3) is 39.5 Å². The number of benzene rings is 1. The quantitative estimate of drug-likeness (QED) is 0.347. The number of esters is 1. The molecular formula is C29H27N7O2. The second-order valence-corrected chi connectivity index (χ2v) is 9.30. The van der Waals surface area contributed by atoms with Crippen LogP contribution in [0.3, 0.4) is 0 Å².